The van der Waals surface area contributed by atoms with E-state index in [1.807, 2.05) is 13.0 Å². The van der Waals surface area contributed by atoms with Crippen molar-refractivity contribution in [1.82, 2.24) is 10.4 Å². The first-order valence-electron chi connectivity index (χ1n) is 9.98. The van der Waals surface area contributed by atoms with Crippen molar-refractivity contribution in [1.29, 1.82) is 0 Å². The zero-order valence-electron chi connectivity index (χ0n) is 17.2. The summed E-state index contributed by atoms with van der Waals surface area (Å²) in [7, 11) is 0. The van der Waals surface area contributed by atoms with Crippen molar-refractivity contribution in [2.24, 2.45) is 0 Å². The summed E-state index contributed by atoms with van der Waals surface area (Å²) in [5.74, 6) is -0.382. The summed E-state index contributed by atoms with van der Waals surface area (Å²) in [5.41, 5.74) is 6.13. The van der Waals surface area contributed by atoms with Gasteiger partial charge in [0.25, 0.3) is 5.91 Å². The largest absolute Gasteiger partial charge is 0.372 e. The molecule has 0 atom stereocenters. The fraction of sp³-hybridized carbons (Fsp3) is 0.227. The van der Waals surface area contributed by atoms with Crippen LogP contribution in [-0.2, 0) is 4.79 Å². The number of hydrogen-bond donors (Lipinski definition) is 2. The van der Waals surface area contributed by atoms with Crippen molar-refractivity contribution >= 4 is 80.9 Å². The molecule has 0 saturated carbocycles. The Kier molecular flexibility index (Phi) is 6.95. The first-order valence-corrected chi connectivity index (χ1v) is 12.0. The molecule has 3 amide bonds. The molecule has 0 radical (unpaired) electrons. The van der Waals surface area contributed by atoms with Gasteiger partial charge in [-0.1, -0.05) is 41.0 Å². The quantitative estimate of drug-likeness (QED) is 0.402. The van der Waals surface area contributed by atoms with E-state index in [-0.39, 0.29) is 10.2 Å². The number of nitrogens with zero attached hydrogens (tertiary/aromatic N) is 2. The highest BCUT2D eigenvalue weighted by molar-refractivity contribution is 8.26. The summed E-state index contributed by atoms with van der Waals surface area (Å²) >= 11 is 18.3. The number of anilines is 2. The van der Waals surface area contributed by atoms with E-state index in [0.717, 1.165) is 41.0 Å². The lowest BCUT2D eigenvalue weighted by Crippen LogP contribution is -2.46. The van der Waals surface area contributed by atoms with Crippen LogP contribution in [0.15, 0.2) is 41.3 Å². The van der Waals surface area contributed by atoms with E-state index in [9.17, 15) is 9.59 Å². The van der Waals surface area contributed by atoms with Crippen LogP contribution in [0.4, 0.5) is 16.2 Å². The van der Waals surface area contributed by atoms with Crippen molar-refractivity contribution in [3.63, 3.8) is 0 Å². The van der Waals surface area contributed by atoms with Crippen LogP contribution in [0, 0.1) is 6.92 Å². The number of aryl methyl sites for hydroxylation is 1. The predicted octanol–water partition coefficient (Wildman–Crippen LogP) is 5.84. The number of hydrogen-bond acceptors (Lipinski definition) is 5. The van der Waals surface area contributed by atoms with Gasteiger partial charge in [0.15, 0.2) is 4.32 Å². The van der Waals surface area contributed by atoms with E-state index in [2.05, 4.69) is 27.8 Å². The minimum Gasteiger partial charge on any atom is -0.372 e. The Morgan fingerprint density at radius 2 is 1.88 bits per heavy atom. The summed E-state index contributed by atoms with van der Waals surface area (Å²) in [4.78, 5) is 28.0. The molecule has 2 heterocycles. The second kappa shape index (κ2) is 9.70. The van der Waals surface area contributed by atoms with E-state index in [1.165, 1.54) is 24.6 Å². The van der Waals surface area contributed by atoms with E-state index < -0.39 is 6.03 Å². The minimum absolute atomic E-state index is 0.247. The van der Waals surface area contributed by atoms with Crippen LogP contribution in [0.3, 0.4) is 0 Å². The molecule has 2 aliphatic heterocycles. The normalized spacial score (nSPS) is 17.4. The van der Waals surface area contributed by atoms with Crippen LogP contribution in [0.5, 0.6) is 0 Å². The Labute approximate surface area is 205 Å². The van der Waals surface area contributed by atoms with E-state index >= 15 is 0 Å². The molecule has 4 rings (SSSR count). The van der Waals surface area contributed by atoms with E-state index in [0.29, 0.717) is 20.6 Å². The molecule has 2 aliphatic rings. The maximum Gasteiger partial charge on any atom is 0.338 e. The van der Waals surface area contributed by atoms with Crippen LogP contribution in [0.1, 0.15) is 24.0 Å². The van der Waals surface area contributed by atoms with Crippen molar-refractivity contribution in [3.05, 3.63) is 62.5 Å². The number of amides is 3. The zero-order chi connectivity index (χ0) is 22.8. The van der Waals surface area contributed by atoms with Gasteiger partial charge in [0.2, 0.25) is 0 Å². The Bertz CT molecular complexity index is 1130. The number of hydrazine groups is 1. The van der Waals surface area contributed by atoms with Gasteiger partial charge in [-0.05, 0) is 79.5 Å². The summed E-state index contributed by atoms with van der Waals surface area (Å²) in [6.07, 6.45) is 4.24. The SMILES string of the molecule is Cc1cc(N2CCCC2)ccc1/C=C1/SC(=S)N(NC(=O)Nc2ccc(Cl)c(Cl)c2)C1=O. The molecular weight excluding hydrogens is 487 g/mol. The Morgan fingerprint density at radius 3 is 2.56 bits per heavy atom. The molecule has 0 aromatic heterocycles. The van der Waals surface area contributed by atoms with E-state index in [1.54, 1.807) is 18.2 Å². The molecule has 2 saturated heterocycles. The van der Waals surface area contributed by atoms with Gasteiger partial charge in [0.05, 0.1) is 15.0 Å². The highest BCUT2D eigenvalue weighted by Crippen LogP contribution is 2.33. The lowest BCUT2D eigenvalue weighted by molar-refractivity contribution is -0.123. The van der Waals surface area contributed by atoms with Gasteiger partial charge in [-0.25, -0.2) is 10.2 Å². The van der Waals surface area contributed by atoms with E-state index in [4.69, 9.17) is 35.4 Å². The summed E-state index contributed by atoms with van der Waals surface area (Å²) in [6.45, 7) is 4.18. The Hall–Kier alpha value is -2.26. The maximum absolute atomic E-state index is 12.9. The van der Waals surface area contributed by atoms with Gasteiger partial charge < -0.3 is 10.2 Å². The van der Waals surface area contributed by atoms with Gasteiger partial charge in [-0.15, -0.1) is 0 Å². The Morgan fingerprint density at radius 1 is 1.12 bits per heavy atom. The molecule has 2 aromatic rings. The number of thioether (sulfide) groups is 1. The van der Waals surface area contributed by atoms with Crippen LogP contribution >= 0.6 is 47.2 Å². The summed E-state index contributed by atoms with van der Waals surface area (Å²) < 4.78 is 0.247. The topological polar surface area (TPSA) is 64.7 Å². The molecule has 10 heteroatoms. The number of nitrogens with one attached hydrogen (secondary N) is 2. The fourth-order valence-corrected chi connectivity index (χ4v) is 5.00. The van der Waals surface area contributed by atoms with Gasteiger partial charge in [0, 0.05) is 24.5 Å². The lowest BCUT2D eigenvalue weighted by Gasteiger charge is -2.18. The predicted molar refractivity (Wildman–Crippen MR) is 136 cm³/mol. The first kappa shape index (κ1) is 22.9. The second-order valence-corrected chi connectivity index (χ2v) is 9.94. The molecule has 0 unspecified atom stereocenters. The molecule has 32 heavy (non-hydrogen) atoms. The number of carbonyl (C=O) groups is 2. The third-order valence-electron chi connectivity index (χ3n) is 5.20. The molecular formula is C22H20Cl2N4O2S2. The highest BCUT2D eigenvalue weighted by atomic mass is 35.5. The average molecular weight is 507 g/mol. The van der Waals surface area contributed by atoms with Crippen LogP contribution in [0.25, 0.3) is 6.08 Å². The highest BCUT2D eigenvalue weighted by Gasteiger charge is 2.33. The standard InChI is InChI=1S/C22H20Cl2N4O2S2/c1-13-10-16(27-8-2-3-9-27)6-4-14(13)11-19-20(29)28(22(31)32-19)26-21(30)25-15-5-7-17(23)18(24)12-15/h4-7,10-12H,2-3,8-9H2,1H3,(H2,25,26,30)/b19-11+. The smallest absolute Gasteiger partial charge is 0.338 e. The van der Waals surface area contributed by atoms with Crippen molar-refractivity contribution in [2.75, 3.05) is 23.3 Å². The van der Waals surface area contributed by atoms with Crippen LogP contribution < -0.4 is 15.6 Å². The third-order valence-corrected chi connectivity index (χ3v) is 7.24. The minimum atomic E-state index is -0.618. The molecule has 0 bridgehead atoms. The van der Waals surface area contributed by atoms with Crippen molar-refractivity contribution in [2.45, 2.75) is 19.8 Å². The van der Waals surface area contributed by atoms with Crippen LogP contribution in [0.2, 0.25) is 10.0 Å². The molecule has 0 aliphatic carbocycles. The van der Waals surface area contributed by atoms with Gasteiger partial charge in [-0.3, -0.25) is 4.79 Å². The van der Waals surface area contributed by atoms with Gasteiger partial charge in [-0.2, -0.15) is 5.01 Å². The number of benzene rings is 2. The number of carbonyl (C=O) groups excluding carboxylic acids is 2. The molecule has 6 nitrogen and oxygen atoms in total. The van der Waals surface area contributed by atoms with Crippen LogP contribution in [-0.4, -0.2) is 34.4 Å². The second-order valence-electron chi connectivity index (χ2n) is 7.45. The third kappa shape index (κ3) is 5.04. The number of halogens is 2. The molecule has 0 spiro atoms. The summed E-state index contributed by atoms with van der Waals surface area (Å²) in [5, 5.41) is 4.35. The van der Waals surface area contributed by atoms with Crippen molar-refractivity contribution in [3.8, 4) is 0 Å². The number of urea groups is 1. The van der Waals surface area contributed by atoms with Crippen molar-refractivity contribution < 1.29 is 9.59 Å². The first-order chi connectivity index (χ1) is 15.3. The van der Waals surface area contributed by atoms with Gasteiger partial charge >= 0.3 is 6.03 Å². The number of rotatable bonds is 4. The average Bonchev–Trinajstić information content (AvgIpc) is 3.37. The lowest BCUT2D eigenvalue weighted by atomic mass is 10.1. The molecule has 2 N–H and O–H groups in total. The summed E-state index contributed by atoms with van der Waals surface area (Å²) in [6, 6.07) is 10.3. The van der Waals surface area contributed by atoms with Gasteiger partial charge in [0.1, 0.15) is 0 Å². The Balaban J connectivity index is 1.44. The fourth-order valence-electron chi connectivity index (χ4n) is 3.53. The molecule has 2 aromatic carbocycles. The molecule has 2 fully saturated rings. The monoisotopic (exact) mass is 506 g/mol. The molecule has 166 valence electrons. The maximum atomic E-state index is 12.9. The number of thiocarbonyl (C=S) groups is 1. The zero-order valence-corrected chi connectivity index (χ0v) is 20.3.